The topological polar surface area (TPSA) is 66.0 Å². The lowest BCUT2D eigenvalue weighted by atomic mass is 9.85. The normalized spacial score (nSPS) is 25.0. The minimum atomic E-state index is 0. The molecule has 0 aromatic heterocycles. The number of hydrogen-bond donors (Lipinski definition) is 2. The quantitative estimate of drug-likeness (QED) is 0.371. The van der Waals surface area contributed by atoms with Crippen LogP contribution in [-0.2, 0) is 9.53 Å². The number of carbonyl (C=O) groups is 1. The minimum Gasteiger partial charge on any atom is -0.381 e. The molecular formula is C18H35IN4O2. The van der Waals surface area contributed by atoms with E-state index in [1.54, 1.807) is 4.90 Å². The zero-order chi connectivity index (χ0) is 17.4. The first-order valence-corrected chi connectivity index (χ1v) is 9.36. The molecule has 0 spiro atoms. The van der Waals surface area contributed by atoms with Gasteiger partial charge in [0.05, 0.1) is 0 Å². The molecule has 1 saturated carbocycles. The highest BCUT2D eigenvalue weighted by molar-refractivity contribution is 14.0. The number of aliphatic imine (C=N–C) groups is 1. The summed E-state index contributed by atoms with van der Waals surface area (Å²) < 4.78 is 5.41. The first-order valence-electron chi connectivity index (χ1n) is 9.36. The van der Waals surface area contributed by atoms with E-state index in [4.69, 9.17) is 4.74 Å². The predicted molar refractivity (Wildman–Crippen MR) is 113 cm³/mol. The van der Waals surface area contributed by atoms with Gasteiger partial charge in [0.2, 0.25) is 5.91 Å². The Morgan fingerprint density at radius 2 is 1.92 bits per heavy atom. The van der Waals surface area contributed by atoms with Crippen LogP contribution >= 0.6 is 24.0 Å². The van der Waals surface area contributed by atoms with Crippen molar-refractivity contribution in [1.82, 2.24) is 15.5 Å². The summed E-state index contributed by atoms with van der Waals surface area (Å²) in [5.74, 6) is 2.03. The molecule has 1 aliphatic heterocycles. The third-order valence-electron chi connectivity index (χ3n) is 5.21. The molecule has 2 N–H and O–H groups in total. The molecule has 1 saturated heterocycles. The van der Waals surface area contributed by atoms with Crippen LogP contribution < -0.4 is 10.6 Å². The van der Waals surface area contributed by atoms with Gasteiger partial charge in [-0.3, -0.25) is 9.79 Å². The second-order valence-corrected chi connectivity index (χ2v) is 7.28. The fourth-order valence-electron chi connectivity index (χ4n) is 3.73. The Labute approximate surface area is 169 Å². The van der Waals surface area contributed by atoms with E-state index in [0.717, 1.165) is 63.7 Å². The van der Waals surface area contributed by atoms with Gasteiger partial charge in [-0.1, -0.05) is 6.42 Å². The molecule has 2 aliphatic rings. The smallest absolute Gasteiger partial charge is 0.225 e. The van der Waals surface area contributed by atoms with E-state index >= 15 is 0 Å². The number of carbonyl (C=O) groups excluding carboxylic acids is 1. The van der Waals surface area contributed by atoms with Crippen LogP contribution in [0.2, 0.25) is 0 Å². The van der Waals surface area contributed by atoms with Crippen LogP contribution in [0.1, 0.15) is 44.9 Å². The summed E-state index contributed by atoms with van der Waals surface area (Å²) in [5.41, 5.74) is 0. The summed E-state index contributed by atoms with van der Waals surface area (Å²) in [6.07, 6.45) is 7.62. The van der Waals surface area contributed by atoms with Crippen molar-refractivity contribution in [3.8, 4) is 0 Å². The van der Waals surface area contributed by atoms with Crippen molar-refractivity contribution < 1.29 is 9.53 Å². The predicted octanol–water partition coefficient (Wildman–Crippen LogP) is 2.23. The molecule has 0 aromatic rings. The molecule has 0 bridgehead atoms. The molecule has 1 amide bonds. The van der Waals surface area contributed by atoms with Crippen LogP contribution in [0.15, 0.2) is 4.99 Å². The maximum atomic E-state index is 12.2. The third-order valence-corrected chi connectivity index (χ3v) is 5.21. The number of nitrogens with one attached hydrogen (secondary N) is 2. The van der Waals surface area contributed by atoms with Crippen molar-refractivity contribution in [2.75, 3.05) is 40.9 Å². The Bertz CT molecular complexity index is 425. The maximum Gasteiger partial charge on any atom is 0.225 e. The van der Waals surface area contributed by atoms with Crippen molar-refractivity contribution in [3.05, 3.63) is 0 Å². The molecule has 0 radical (unpaired) electrons. The van der Waals surface area contributed by atoms with Gasteiger partial charge >= 0.3 is 0 Å². The Balaban J connectivity index is 0.00000312. The van der Waals surface area contributed by atoms with E-state index in [0.29, 0.717) is 6.04 Å². The minimum absolute atomic E-state index is 0. The largest absolute Gasteiger partial charge is 0.381 e. The van der Waals surface area contributed by atoms with Crippen LogP contribution in [0.3, 0.4) is 0 Å². The fourth-order valence-corrected chi connectivity index (χ4v) is 3.73. The number of ether oxygens (including phenoxy) is 1. The Morgan fingerprint density at radius 1 is 1.20 bits per heavy atom. The average molecular weight is 466 g/mol. The van der Waals surface area contributed by atoms with Crippen molar-refractivity contribution >= 4 is 35.8 Å². The zero-order valence-electron chi connectivity index (χ0n) is 15.9. The molecule has 25 heavy (non-hydrogen) atoms. The lowest BCUT2D eigenvalue weighted by Gasteiger charge is -2.31. The van der Waals surface area contributed by atoms with E-state index < -0.39 is 0 Å². The van der Waals surface area contributed by atoms with Crippen LogP contribution in [0.25, 0.3) is 0 Å². The number of amides is 1. The molecule has 0 aromatic carbocycles. The van der Waals surface area contributed by atoms with Crippen LogP contribution in [0, 0.1) is 11.8 Å². The summed E-state index contributed by atoms with van der Waals surface area (Å²) in [6, 6.07) is 0.335. The molecule has 146 valence electrons. The SMILES string of the molecule is CN=C(NCCC1CCOCC1)NC1CCCC(C(=O)N(C)C)C1.I. The monoisotopic (exact) mass is 466 g/mol. The molecule has 7 heteroatoms. The van der Waals surface area contributed by atoms with E-state index in [1.165, 1.54) is 12.8 Å². The molecule has 2 fully saturated rings. The highest BCUT2D eigenvalue weighted by Gasteiger charge is 2.28. The molecule has 2 unspecified atom stereocenters. The summed E-state index contributed by atoms with van der Waals surface area (Å²) in [4.78, 5) is 18.2. The van der Waals surface area contributed by atoms with Crippen molar-refractivity contribution in [2.45, 2.75) is 51.0 Å². The van der Waals surface area contributed by atoms with Gasteiger partial charge in [0, 0.05) is 52.9 Å². The molecule has 2 rings (SSSR count). The number of rotatable bonds is 5. The van der Waals surface area contributed by atoms with Crippen molar-refractivity contribution in [2.24, 2.45) is 16.8 Å². The first-order chi connectivity index (χ1) is 11.6. The van der Waals surface area contributed by atoms with E-state index in [9.17, 15) is 4.79 Å². The van der Waals surface area contributed by atoms with E-state index in [-0.39, 0.29) is 35.8 Å². The molecular weight excluding hydrogens is 431 g/mol. The lowest BCUT2D eigenvalue weighted by Crippen LogP contribution is -2.47. The number of nitrogens with zero attached hydrogens (tertiary/aromatic N) is 2. The Morgan fingerprint density at radius 3 is 2.56 bits per heavy atom. The Hall–Kier alpha value is -0.570. The van der Waals surface area contributed by atoms with Crippen LogP contribution in [0.4, 0.5) is 0 Å². The van der Waals surface area contributed by atoms with Crippen LogP contribution in [-0.4, -0.2) is 63.7 Å². The van der Waals surface area contributed by atoms with E-state index in [2.05, 4.69) is 15.6 Å². The van der Waals surface area contributed by atoms with Gasteiger partial charge in [0.15, 0.2) is 5.96 Å². The Kier molecular flexibility index (Phi) is 10.7. The number of halogens is 1. The number of hydrogen-bond acceptors (Lipinski definition) is 3. The van der Waals surface area contributed by atoms with Gasteiger partial charge in [-0.2, -0.15) is 0 Å². The van der Waals surface area contributed by atoms with E-state index in [1.807, 2.05) is 21.1 Å². The lowest BCUT2D eigenvalue weighted by molar-refractivity contribution is -0.134. The molecule has 2 atom stereocenters. The highest BCUT2D eigenvalue weighted by Crippen LogP contribution is 2.25. The van der Waals surface area contributed by atoms with Crippen molar-refractivity contribution in [3.63, 3.8) is 0 Å². The standard InChI is InChI=1S/C18H34N4O2.HI/c1-19-18(20-10-7-14-8-11-24-12-9-14)21-16-6-4-5-15(13-16)17(23)22(2)3;/h14-16H,4-13H2,1-3H3,(H2,19,20,21);1H. The van der Waals surface area contributed by atoms with Crippen LogP contribution in [0.5, 0.6) is 0 Å². The molecule has 1 aliphatic carbocycles. The number of guanidine groups is 1. The molecule has 1 heterocycles. The maximum absolute atomic E-state index is 12.2. The van der Waals surface area contributed by atoms with Gasteiger partial charge in [-0.05, 0) is 44.4 Å². The average Bonchev–Trinajstić information content (AvgIpc) is 2.61. The summed E-state index contributed by atoms with van der Waals surface area (Å²) in [6.45, 7) is 2.75. The summed E-state index contributed by atoms with van der Waals surface area (Å²) in [7, 11) is 5.50. The zero-order valence-corrected chi connectivity index (χ0v) is 18.3. The van der Waals surface area contributed by atoms with Gasteiger partial charge in [-0.25, -0.2) is 0 Å². The summed E-state index contributed by atoms with van der Waals surface area (Å²) >= 11 is 0. The van der Waals surface area contributed by atoms with Crippen molar-refractivity contribution in [1.29, 1.82) is 0 Å². The summed E-state index contributed by atoms with van der Waals surface area (Å²) in [5, 5.41) is 6.94. The molecule has 6 nitrogen and oxygen atoms in total. The fraction of sp³-hybridized carbons (Fsp3) is 0.889. The van der Waals surface area contributed by atoms with Gasteiger partial charge in [-0.15, -0.1) is 24.0 Å². The first kappa shape index (κ1) is 22.5. The van der Waals surface area contributed by atoms with Gasteiger partial charge in [0.25, 0.3) is 0 Å². The van der Waals surface area contributed by atoms with Gasteiger partial charge < -0.3 is 20.3 Å². The second-order valence-electron chi connectivity index (χ2n) is 7.28. The van der Waals surface area contributed by atoms with Gasteiger partial charge in [0.1, 0.15) is 0 Å². The second kappa shape index (κ2) is 11.9. The third kappa shape index (κ3) is 7.68. The highest BCUT2D eigenvalue weighted by atomic mass is 127.